The van der Waals surface area contributed by atoms with Gasteiger partial charge in [0.15, 0.2) is 0 Å². The summed E-state index contributed by atoms with van der Waals surface area (Å²) >= 11 is 0. The molecule has 3 aromatic rings. The van der Waals surface area contributed by atoms with Crippen molar-refractivity contribution in [1.82, 2.24) is 14.9 Å². The normalized spacial score (nSPS) is 11.5. The Labute approximate surface area is 139 Å². The molecular weight excluding hydrogens is 306 g/mol. The summed E-state index contributed by atoms with van der Waals surface area (Å²) in [4.78, 5) is 12.5. The number of aromatic nitrogens is 3. The number of anilines is 1. The van der Waals surface area contributed by atoms with Gasteiger partial charge < -0.3 is 15.6 Å². The van der Waals surface area contributed by atoms with Crippen LogP contribution in [0.5, 0.6) is 0 Å². The molecule has 3 rings (SSSR count). The van der Waals surface area contributed by atoms with Crippen molar-refractivity contribution < 1.29 is 9.32 Å². The summed E-state index contributed by atoms with van der Waals surface area (Å²) in [7, 11) is 0. The number of carbonyl (C=O) groups excluding carboxylic acids is 1. The van der Waals surface area contributed by atoms with E-state index in [1.807, 2.05) is 37.3 Å². The average molecular weight is 325 g/mol. The lowest BCUT2D eigenvalue weighted by atomic mass is 9.98. The lowest BCUT2D eigenvalue weighted by Crippen LogP contribution is -2.32. The lowest BCUT2D eigenvalue weighted by Gasteiger charge is -2.16. The van der Waals surface area contributed by atoms with Crippen LogP contribution in [0.2, 0.25) is 0 Å². The molecule has 1 aromatic carbocycles. The van der Waals surface area contributed by atoms with Crippen LogP contribution in [-0.4, -0.2) is 20.8 Å². The first-order valence-corrected chi connectivity index (χ1v) is 7.53. The molecule has 0 aliphatic rings. The molecule has 3 N–H and O–H groups in total. The molecule has 124 valence electrons. The number of benzene rings is 1. The molecule has 0 aliphatic carbocycles. The van der Waals surface area contributed by atoms with Crippen LogP contribution in [0, 0.1) is 6.92 Å². The van der Waals surface area contributed by atoms with Crippen LogP contribution < -0.4 is 11.1 Å². The van der Waals surface area contributed by atoms with Gasteiger partial charge in [0, 0.05) is 0 Å². The Balaban J connectivity index is 1.87. The molecule has 0 fully saturated rings. The molecule has 7 nitrogen and oxygen atoms in total. The smallest absolute Gasteiger partial charge is 0.261 e. The van der Waals surface area contributed by atoms with E-state index in [9.17, 15) is 4.79 Å². The van der Waals surface area contributed by atoms with Gasteiger partial charge in [0.25, 0.3) is 5.91 Å². The Bertz CT molecular complexity index is 859. The monoisotopic (exact) mass is 325 g/mol. The van der Waals surface area contributed by atoms with Crippen molar-refractivity contribution in [3.05, 3.63) is 59.7 Å². The molecule has 24 heavy (non-hydrogen) atoms. The van der Waals surface area contributed by atoms with E-state index in [2.05, 4.69) is 15.6 Å². The Morgan fingerprint density at radius 2 is 2.00 bits per heavy atom. The van der Waals surface area contributed by atoms with E-state index in [4.69, 9.17) is 10.3 Å². The molecule has 0 spiro atoms. The predicted molar refractivity (Wildman–Crippen MR) is 90.0 cm³/mol. The number of hydrogen-bond donors (Lipinski definition) is 2. The Morgan fingerprint density at radius 1 is 1.29 bits per heavy atom. The van der Waals surface area contributed by atoms with Crippen molar-refractivity contribution in [1.29, 1.82) is 0 Å². The SMILES string of the molecule is Cc1c(NC(=O)c2conc2C(C)(C)N)cnn1-c1ccccc1. The highest BCUT2D eigenvalue weighted by atomic mass is 16.5. The standard InChI is InChI=1S/C17H19N5O2/c1-11-14(9-19-22(11)12-7-5-4-6-8-12)20-16(23)13-10-24-21-15(13)17(2,3)18/h4-10H,18H2,1-3H3,(H,20,23). The van der Waals surface area contributed by atoms with Gasteiger partial charge in [-0.25, -0.2) is 4.68 Å². The summed E-state index contributed by atoms with van der Waals surface area (Å²) < 4.78 is 6.69. The average Bonchev–Trinajstić information content (AvgIpc) is 3.16. The highest BCUT2D eigenvalue weighted by molar-refractivity contribution is 6.05. The van der Waals surface area contributed by atoms with E-state index in [1.54, 1.807) is 24.7 Å². The molecule has 0 atom stereocenters. The van der Waals surface area contributed by atoms with Gasteiger partial charge in [-0.3, -0.25) is 4.79 Å². The molecule has 1 amide bonds. The van der Waals surface area contributed by atoms with Crippen molar-refractivity contribution in [2.75, 3.05) is 5.32 Å². The molecule has 0 radical (unpaired) electrons. The third-order valence-electron chi connectivity index (χ3n) is 3.68. The quantitative estimate of drug-likeness (QED) is 0.768. The van der Waals surface area contributed by atoms with Crippen molar-refractivity contribution >= 4 is 11.6 Å². The second-order valence-corrected chi connectivity index (χ2v) is 6.14. The second kappa shape index (κ2) is 5.93. The zero-order chi connectivity index (χ0) is 17.3. The molecule has 0 unspecified atom stereocenters. The van der Waals surface area contributed by atoms with Gasteiger partial charge in [0.2, 0.25) is 0 Å². The van der Waals surface area contributed by atoms with Crippen LogP contribution in [-0.2, 0) is 5.54 Å². The van der Waals surface area contributed by atoms with Gasteiger partial charge in [-0.05, 0) is 32.9 Å². The van der Waals surface area contributed by atoms with Crippen LogP contribution >= 0.6 is 0 Å². The first-order chi connectivity index (χ1) is 11.4. The summed E-state index contributed by atoms with van der Waals surface area (Å²) in [5.74, 6) is -0.333. The fraction of sp³-hybridized carbons (Fsp3) is 0.235. The fourth-order valence-corrected chi connectivity index (χ4v) is 2.41. The van der Waals surface area contributed by atoms with E-state index < -0.39 is 5.54 Å². The molecular formula is C17H19N5O2. The molecule has 2 aromatic heterocycles. The fourth-order valence-electron chi connectivity index (χ4n) is 2.41. The molecule has 0 aliphatic heterocycles. The largest absolute Gasteiger partial charge is 0.364 e. The minimum Gasteiger partial charge on any atom is -0.364 e. The summed E-state index contributed by atoms with van der Waals surface area (Å²) in [6.07, 6.45) is 2.91. The van der Waals surface area contributed by atoms with Gasteiger partial charge in [0.1, 0.15) is 17.5 Å². The number of nitrogens with zero attached hydrogens (tertiary/aromatic N) is 3. The Morgan fingerprint density at radius 3 is 2.67 bits per heavy atom. The number of hydrogen-bond acceptors (Lipinski definition) is 5. The van der Waals surface area contributed by atoms with Crippen molar-refractivity contribution in [2.45, 2.75) is 26.3 Å². The zero-order valence-corrected chi connectivity index (χ0v) is 13.8. The number of rotatable bonds is 4. The molecule has 2 heterocycles. The maximum Gasteiger partial charge on any atom is 0.261 e. The number of amides is 1. The second-order valence-electron chi connectivity index (χ2n) is 6.14. The number of nitrogens with one attached hydrogen (secondary N) is 1. The summed E-state index contributed by atoms with van der Waals surface area (Å²) in [6.45, 7) is 5.41. The van der Waals surface area contributed by atoms with Gasteiger partial charge in [-0.2, -0.15) is 5.10 Å². The molecule has 0 saturated heterocycles. The first kappa shape index (κ1) is 15.9. The Kier molecular flexibility index (Phi) is 3.94. The van der Waals surface area contributed by atoms with Crippen molar-refractivity contribution in [2.24, 2.45) is 5.73 Å². The topological polar surface area (TPSA) is 99.0 Å². The van der Waals surface area contributed by atoms with E-state index in [-0.39, 0.29) is 5.91 Å². The minimum atomic E-state index is -0.775. The van der Waals surface area contributed by atoms with Crippen LogP contribution in [0.25, 0.3) is 5.69 Å². The van der Waals surface area contributed by atoms with E-state index >= 15 is 0 Å². The van der Waals surface area contributed by atoms with Crippen LogP contribution in [0.4, 0.5) is 5.69 Å². The van der Waals surface area contributed by atoms with Crippen LogP contribution in [0.15, 0.2) is 47.3 Å². The molecule has 0 saturated carbocycles. The lowest BCUT2D eigenvalue weighted by molar-refractivity contribution is 0.102. The third kappa shape index (κ3) is 2.93. The highest BCUT2D eigenvalue weighted by Gasteiger charge is 2.27. The van der Waals surface area contributed by atoms with Crippen LogP contribution in [0.3, 0.4) is 0 Å². The number of carbonyl (C=O) groups is 1. The number of nitrogens with two attached hydrogens (primary N) is 1. The zero-order valence-electron chi connectivity index (χ0n) is 13.8. The summed E-state index contributed by atoms with van der Waals surface area (Å²) in [6, 6.07) is 9.69. The maximum atomic E-state index is 12.5. The van der Waals surface area contributed by atoms with Gasteiger partial charge in [0.05, 0.1) is 28.8 Å². The predicted octanol–water partition coefficient (Wildman–Crippen LogP) is 2.61. The van der Waals surface area contributed by atoms with E-state index in [0.29, 0.717) is 16.9 Å². The first-order valence-electron chi connectivity index (χ1n) is 7.53. The maximum absolute atomic E-state index is 12.5. The van der Waals surface area contributed by atoms with Gasteiger partial charge in [-0.1, -0.05) is 23.4 Å². The van der Waals surface area contributed by atoms with E-state index in [0.717, 1.165) is 11.4 Å². The van der Waals surface area contributed by atoms with Crippen LogP contribution in [0.1, 0.15) is 35.6 Å². The molecule has 7 heteroatoms. The minimum absolute atomic E-state index is 0.314. The Hall–Kier alpha value is -2.93. The van der Waals surface area contributed by atoms with Crippen molar-refractivity contribution in [3.8, 4) is 5.69 Å². The third-order valence-corrected chi connectivity index (χ3v) is 3.68. The van der Waals surface area contributed by atoms with Crippen molar-refractivity contribution in [3.63, 3.8) is 0 Å². The molecule has 0 bridgehead atoms. The number of para-hydroxylation sites is 1. The summed E-state index contributed by atoms with van der Waals surface area (Å²) in [5, 5.41) is 11.0. The van der Waals surface area contributed by atoms with Gasteiger partial charge in [-0.15, -0.1) is 0 Å². The van der Waals surface area contributed by atoms with E-state index in [1.165, 1.54) is 6.26 Å². The summed E-state index contributed by atoms with van der Waals surface area (Å²) in [5.41, 5.74) is 8.33. The van der Waals surface area contributed by atoms with Gasteiger partial charge >= 0.3 is 0 Å². The highest BCUT2D eigenvalue weighted by Crippen LogP contribution is 2.23.